The van der Waals surface area contributed by atoms with Gasteiger partial charge < -0.3 is 9.64 Å². The first-order valence-corrected chi connectivity index (χ1v) is 8.54. The van der Waals surface area contributed by atoms with Gasteiger partial charge in [-0.15, -0.1) is 0 Å². The van der Waals surface area contributed by atoms with E-state index in [9.17, 15) is 13.2 Å². The molecule has 1 amide bonds. The molecule has 0 aromatic rings. The Morgan fingerprint density at radius 1 is 1.26 bits per heavy atom. The van der Waals surface area contributed by atoms with Crippen molar-refractivity contribution in [3.05, 3.63) is 0 Å². The number of ether oxygens (including phenoxy) is 1. The predicted octanol–water partition coefficient (Wildman–Crippen LogP) is -0.788. The summed E-state index contributed by atoms with van der Waals surface area (Å²) in [6.07, 6.45) is 0.491. The number of nitrogens with zero attached hydrogens (tertiary/aromatic N) is 2. The second-order valence-corrected chi connectivity index (χ2v) is 7.49. The van der Waals surface area contributed by atoms with Gasteiger partial charge in [0, 0.05) is 39.8 Å². The number of methoxy groups -OCH3 is 1. The van der Waals surface area contributed by atoms with Crippen LogP contribution < -0.4 is 0 Å². The monoisotopic (exact) mass is 290 g/mol. The molecule has 6 nitrogen and oxygen atoms in total. The molecule has 0 radical (unpaired) electrons. The van der Waals surface area contributed by atoms with Gasteiger partial charge in [-0.05, 0) is 6.42 Å². The van der Waals surface area contributed by atoms with Crippen LogP contribution in [0.5, 0.6) is 0 Å². The molecule has 0 spiro atoms. The number of piperazine rings is 1. The summed E-state index contributed by atoms with van der Waals surface area (Å²) < 4.78 is 27.8. The summed E-state index contributed by atoms with van der Waals surface area (Å²) in [5.41, 5.74) is 0. The Labute approximate surface area is 114 Å². The zero-order valence-corrected chi connectivity index (χ0v) is 12.2. The quantitative estimate of drug-likeness (QED) is 0.679. The largest absolute Gasteiger partial charge is 0.383 e. The average Bonchev–Trinajstić information content (AvgIpc) is 2.76. The van der Waals surface area contributed by atoms with Gasteiger partial charge in [0.15, 0.2) is 9.84 Å². The fourth-order valence-electron chi connectivity index (χ4n) is 2.66. The molecule has 7 heteroatoms. The number of hydrogen-bond donors (Lipinski definition) is 0. The number of rotatable bonds is 4. The second kappa shape index (κ2) is 6.19. The van der Waals surface area contributed by atoms with Crippen molar-refractivity contribution in [3.8, 4) is 0 Å². The molecule has 0 aromatic carbocycles. The van der Waals surface area contributed by atoms with Gasteiger partial charge in [-0.3, -0.25) is 9.69 Å². The minimum atomic E-state index is -2.98. The van der Waals surface area contributed by atoms with Gasteiger partial charge in [0.2, 0.25) is 5.91 Å². The minimum absolute atomic E-state index is 0.0208. The summed E-state index contributed by atoms with van der Waals surface area (Å²) in [5.74, 6) is -0.0876. The zero-order chi connectivity index (χ0) is 13.9. The molecule has 2 aliphatic rings. The van der Waals surface area contributed by atoms with E-state index in [1.807, 2.05) is 4.90 Å². The van der Waals surface area contributed by atoms with Gasteiger partial charge in [0.05, 0.1) is 24.0 Å². The zero-order valence-electron chi connectivity index (χ0n) is 11.4. The molecule has 0 N–H and O–H groups in total. The fourth-order valence-corrected chi connectivity index (χ4v) is 4.39. The van der Waals surface area contributed by atoms with E-state index in [2.05, 4.69) is 4.90 Å². The molecule has 2 aliphatic heterocycles. The predicted molar refractivity (Wildman–Crippen MR) is 71.7 cm³/mol. The summed E-state index contributed by atoms with van der Waals surface area (Å²) >= 11 is 0. The number of amides is 1. The van der Waals surface area contributed by atoms with Crippen molar-refractivity contribution in [2.24, 2.45) is 5.92 Å². The summed E-state index contributed by atoms with van der Waals surface area (Å²) in [6.45, 7) is 4.66. The Bertz CT molecular complexity index is 415. The Balaban J connectivity index is 1.80. The van der Waals surface area contributed by atoms with E-state index >= 15 is 0 Å². The minimum Gasteiger partial charge on any atom is -0.383 e. The van der Waals surface area contributed by atoms with Crippen molar-refractivity contribution in [2.75, 3.05) is 57.9 Å². The molecule has 0 aliphatic carbocycles. The van der Waals surface area contributed by atoms with Crippen LogP contribution in [-0.2, 0) is 19.4 Å². The van der Waals surface area contributed by atoms with E-state index in [0.717, 1.165) is 19.6 Å². The Morgan fingerprint density at radius 2 is 1.95 bits per heavy atom. The highest BCUT2D eigenvalue weighted by molar-refractivity contribution is 7.91. The second-order valence-electron chi connectivity index (χ2n) is 5.26. The van der Waals surface area contributed by atoms with Crippen LogP contribution >= 0.6 is 0 Å². The van der Waals surface area contributed by atoms with Crippen LogP contribution in [0, 0.1) is 5.92 Å². The lowest BCUT2D eigenvalue weighted by Crippen LogP contribution is -2.51. The van der Waals surface area contributed by atoms with E-state index in [1.165, 1.54) is 0 Å². The van der Waals surface area contributed by atoms with Crippen molar-refractivity contribution in [3.63, 3.8) is 0 Å². The maximum Gasteiger partial charge on any atom is 0.226 e. The van der Waals surface area contributed by atoms with Gasteiger partial charge >= 0.3 is 0 Å². The maximum absolute atomic E-state index is 12.2. The summed E-state index contributed by atoms with van der Waals surface area (Å²) in [4.78, 5) is 16.3. The Hall–Kier alpha value is -0.660. The summed E-state index contributed by atoms with van der Waals surface area (Å²) in [5, 5.41) is 0. The summed E-state index contributed by atoms with van der Waals surface area (Å²) in [6, 6.07) is 0. The first kappa shape index (κ1) is 14.7. The van der Waals surface area contributed by atoms with Crippen LogP contribution in [0.3, 0.4) is 0 Å². The van der Waals surface area contributed by atoms with Crippen LogP contribution in [0.15, 0.2) is 0 Å². The first-order chi connectivity index (χ1) is 9.02. The molecule has 2 heterocycles. The molecule has 0 unspecified atom stereocenters. The van der Waals surface area contributed by atoms with Crippen molar-refractivity contribution in [1.29, 1.82) is 0 Å². The SMILES string of the molecule is COCCN1CCN(C(=O)[C@H]2CCS(=O)(=O)C2)CC1. The third-order valence-corrected chi connectivity index (χ3v) is 5.65. The van der Waals surface area contributed by atoms with Gasteiger partial charge in [0.25, 0.3) is 0 Å². The van der Waals surface area contributed by atoms with Crippen molar-refractivity contribution < 1.29 is 17.9 Å². The highest BCUT2D eigenvalue weighted by atomic mass is 32.2. The van der Waals surface area contributed by atoms with E-state index in [0.29, 0.717) is 26.1 Å². The van der Waals surface area contributed by atoms with Crippen LogP contribution in [-0.4, -0.2) is 82.1 Å². The lowest BCUT2D eigenvalue weighted by molar-refractivity contribution is -0.136. The Morgan fingerprint density at radius 3 is 2.47 bits per heavy atom. The highest BCUT2D eigenvalue weighted by Gasteiger charge is 2.36. The number of hydrogen-bond acceptors (Lipinski definition) is 5. The van der Waals surface area contributed by atoms with Crippen LogP contribution in [0.1, 0.15) is 6.42 Å². The maximum atomic E-state index is 12.2. The number of carbonyl (C=O) groups is 1. The van der Waals surface area contributed by atoms with Gasteiger partial charge in [-0.25, -0.2) is 8.42 Å². The van der Waals surface area contributed by atoms with E-state index < -0.39 is 9.84 Å². The molecule has 1 atom stereocenters. The molecule has 2 rings (SSSR count). The van der Waals surface area contributed by atoms with Crippen LogP contribution in [0.25, 0.3) is 0 Å². The van der Waals surface area contributed by atoms with Crippen LogP contribution in [0.4, 0.5) is 0 Å². The van der Waals surface area contributed by atoms with Crippen molar-refractivity contribution in [1.82, 2.24) is 9.80 Å². The molecule has 0 saturated carbocycles. The Kier molecular flexibility index (Phi) is 4.81. The van der Waals surface area contributed by atoms with E-state index in [4.69, 9.17) is 4.74 Å². The molecule has 2 saturated heterocycles. The lowest BCUT2D eigenvalue weighted by Gasteiger charge is -2.35. The van der Waals surface area contributed by atoms with Crippen molar-refractivity contribution in [2.45, 2.75) is 6.42 Å². The third kappa shape index (κ3) is 3.90. The van der Waals surface area contributed by atoms with Crippen LogP contribution in [0.2, 0.25) is 0 Å². The molecule has 2 fully saturated rings. The molecule has 0 aromatic heterocycles. The number of sulfone groups is 1. The third-order valence-electron chi connectivity index (χ3n) is 3.88. The van der Waals surface area contributed by atoms with E-state index in [-0.39, 0.29) is 23.3 Å². The van der Waals surface area contributed by atoms with Crippen molar-refractivity contribution >= 4 is 15.7 Å². The highest BCUT2D eigenvalue weighted by Crippen LogP contribution is 2.21. The molecule has 110 valence electrons. The van der Waals surface area contributed by atoms with Gasteiger partial charge in [0.1, 0.15) is 0 Å². The van der Waals surface area contributed by atoms with E-state index in [1.54, 1.807) is 7.11 Å². The molecular weight excluding hydrogens is 268 g/mol. The topological polar surface area (TPSA) is 66.9 Å². The number of carbonyl (C=O) groups excluding carboxylic acids is 1. The molecule has 19 heavy (non-hydrogen) atoms. The lowest BCUT2D eigenvalue weighted by atomic mass is 10.1. The summed E-state index contributed by atoms with van der Waals surface area (Å²) in [7, 11) is -1.30. The van der Waals surface area contributed by atoms with Gasteiger partial charge in [-0.2, -0.15) is 0 Å². The molecule has 0 bridgehead atoms. The smallest absolute Gasteiger partial charge is 0.226 e. The standard InChI is InChI=1S/C12H22N2O4S/c1-18-8-7-13-3-5-14(6-4-13)12(15)11-2-9-19(16,17)10-11/h11H,2-10H2,1H3/t11-/m0/s1. The normalized spacial score (nSPS) is 27.6. The fraction of sp³-hybridized carbons (Fsp3) is 0.917. The molecular formula is C12H22N2O4S. The average molecular weight is 290 g/mol. The van der Waals surface area contributed by atoms with Gasteiger partial charge in [-0.1, -0.05) is 0 Å². The first-order valence-electron chi connectivity index (χ1n) is 6.72.